The number of aliphatic carboxylic acids is 2. The topological polar surface area (TPSA) is 188 Å². The summed E-state index contributed by atoms with van der Waals surface area (Å²) in [5, 5.41) is 24.8. The van der Waals surface area contributed by atoms with Crippen molar-refractivity contribution in [3.8, 4) is 0 Å². The summed E-state index contributed by atoms with van der Waals surface area (Å²) in [6.07, 6.45) is -0.397. The van der Waals surface area contributed by atoms with Gasteiger partial charge in [0.05, 0.1) is 12.6 Å². The van der Waals surface area contributed by atoms with Gasteiger partial charge in [0.1, 0.15) is 12.1 Å². The highest BCUT2D eigenvalue weighted by molar-refractivity contribution is 5.92. The van der Waals surface area contributed by atoms with Crippen LogP contribution >= 0.6 is 0 Å². The Balaban J connectivity index is 4.83. The number of nitrogens with one attached hydrogen (secondary N) is 3. The average Bonchev–Trinajstić information content (AvgIpc) is 2.60. The summed E-state index contributed by atoms with van der Waals surface area (Å²) in [4.78, 5) is 58.2. The monoisotopic (exact) mass is 416 g/mol. The van der Waals surface area contributed by atoms with Gasteiger partial charge in [-0.05, 0) is 24.7 Å². The van der Waals surface area contributed by atoms with E-state index in [0.29, 0.717) is 6.42 Å². The van der Waals surface area contributed by atoms with E-state index in [2.05, 4.69) is 16.0 Å². The minimum atomic E-state index is -1.38. The largest absolute Gasteiger partial charge is 0.481 e. The highest BCUT2D eigenvalue weighted by atomic mass is 16.4. The molecular weight excluding hydrogens is 384 g/mol. The van der Waals surface area contributed by atoms with E-state index >= 15 is 0 Å². The third-order valence-electron chi connectivity index (χ3n) is 4.06. The van der Waals surface area contributed by atoms with Gasteiger partial charge in [0.15, 0.2) is 0 Å². The summed E-state index contributed by atoms with van der Waals surface area (Å²) in [6.45, 7) is 6.75. The van der Waals surface area contributed by atoms with Crippen molar-refractivity contribution < 1.29 is 34.2 Å². The molecule has 0 heterocycles. The minimum Gasteiger partial charge on any atom is -0.481 e. The number of rotatable bonds is 13. The third-order valence-corrected chi connectivity index (χ3v) is 4.06. The molecule has 0 saturated heterocycles. The van der Waals surface area contributed by atoms with Gasteiger partial charge in [-0.1, -0.05) is 27.7 Å². The fraction of sp³-hybridized carbons (Fsp3) is 0.722. The molecule has 0 rings (SSSR count). The van der Waals surface area contributed by atoms with Crippen molar-refractivity contribution in [3.63, 3.8) is 0 Å². The lowest BCUT2D eigenvalue weighted by atomic mass is 10.0. The van der Waals surface area contributed by atoms with E-state index in [9.17, 15) is 24.0 Å². The molecule has 0 spiro atoms. The van der Waals surface area contributed by atoms with E-state index in [4.69, 9.17) is 15.9 Å². The molecule has 7 N–H and O–H groups in total. The number of hydrogen-bond donors (Lipinski definition) is 6. The molecule has 11 nitrogen and oxygen atoms in total. The first-order valence-corrected chi connectivity index (χ1v) is 9.42. The summed E-state index contributed by atoms with van der Waals surface area (Å²) < 4.78 is 0. The smallest absolute Gasteiger partial charge is 0.326 e. The number of carbonyl (C=O) groups is 5. The van der Waals surface area contributed by atoms with E-state index in [1.54, 1.807) is 13.8 Å². The Kier molecular flexibility index (Phi) is 11.5. The SMILES string of the molecule is CC(C)CC(NC(=O)C(N)C(C)C)C(=O)NCC(=O)NC(CCC(=O)O)C(=O)O. The number of carboxylic acid groups (broad SMARTS) is 2. The third kappa shape index (κ3) is 11.0. The van der Waals surface area contributed by atoms with E-state index in [0.717, 1.165) is 0 Å². The Morgan fingerprint density at radius 1 is 0.897 bits per heavy atom. The fourth-order valence-corrected chi connectivity index (χ4v) is 2.33. The number of amides is 3. The molecule has 3 atom stereocenters. The second-order valence-corrected chi connectivity index (χ2v) is 7.57. The summed E-state index contributed by atoms with van der Waals surface area (Å²) in [5.41, 5.74) is 5.79. The van der Waals surface area contributed by atoms with Crippen LogP contribution < -0.4 is 21.7 Å². The maximum atomic E-state index is 12.4. The lowest BCUT2D eigenvalue weighted by molar-refractivity contribution is -0.143. The highest BCUT2D eigenvalue weighted by Crippen LogP contribution is 2.07. The Morgan fingerprint density at radius 3 is 1.93 bits per heavy atom. The van der Waals surface area contributed by atoms with E-state index in [1.807, 2.05) is 13.8 Å². The molecule has 166 valence electrons. The average molecular weight is 416 g/mol. The zero-order valence-corrected chi connectivity index (χ0v) is 17.2. The Hall–Kier alpha value is -2.69. The highest BCUT2D eigenvalue weighted by Gasteiger charge is 2.27. The Bertz CT molecular complexity index is 607. The normalized spacial score (nSPS) is 14.0. The van der Waals surface area contributed by atoms with Gasteiger partial charge in [0, 0.05) is 6.42 Å². The summed E-state index contributed by atoms with van der Waals surface area (Å²) in [5.74, 6) is -4.49. The van der Waals surface area contributed by atoms with Crippen LogP contribution in [0.15, 0.2) is 0 Å². The van der Waals surface area contributed by atoms with Gasteiger partial charge in [-0.25, -0.2) is 4.79 Å². The van der Waals surface area contributed by atoms with Crippen LogP contribution in [0.5, 0.6) is 0 Å². The lowest BCUT2D eigenvalue weighted by Gasteiger charge is -2.23. The molecule has 0 radical (unpaired) electrons. The van der Waals surface area contributed by atoms with Gasteiger partial charge in [-0.3, -0.25) is 19.2 Å². The molecule has 0 bridgehead atoms. The molecule has 3 amide bonds. The number of hydrogen-bond acceptors (Lipinski definition) is 6. The van der Waals surface area contributed by atoms with Crippen LogP contribution in [0, 0.1) is 11.8 Å². The second kappa shape index (κ2) is 12.7. The van der Waals surface area contributed by atoms with Crippen molar-refractivity contribution in [3.05, 3.63) is 0 Å². The summed E-state index contributed by atoms with van der Waals surface area (Å²) >= 11 is 0. The van der Waals surface area contributed by atoms with Crippen molar-refractivity contribution in [2.75, 3.05) is 6.54 Å². The first-order valence-electron chi connectivity index (χ1n) is 9.42. The first-order chi connectivity index (χ1) is 13.3. The van der Waals surface area contributed by atoms with Crippen molar-refractivity contribution in [2.24, 2.45) is 17.6 Å². The maximum absolute atomic E-state index is 12.4. The van der Waals surface area contributed by atoms with Gasteiger partial charge in [-0.2, -0.15) is 0 Å². The molecule has 0 aliphatic heterocycles. The van der Waals surface area contributed by atoms with Gasteiger partial charge in [0.2, 0.25) is 17.7 Å². The van der Waals surface area contributed by atoms with E-state index < -0.39 is 60.8 Å². The predicted molar refractivity (Wildman–Crippen MR) is 104 cm³/mol. The molecule has 0 saturated carbocycles. The van der Waals surface area contributed by atoms with Crippen LogP contribution in [0.3, 0.4) is 0 Å². The summed E-state index contributed by atoms with van der Waals surface area (Å²) in [6, 6.07) is -3.07. The van der Waals surface area contributed by atoms with Gasteiger partial charge in [-0.15, -0.1) is 0 Å². The van der Waals surface area contributed by atoms with Crippen molar-refractivity contribution in [1.29, 1.82) is 0 Å². The molecule has 3 unspecified atom stereocenters. The van der Waals surface area contributed by atoms with Crippen LogP contribution in [0.4, 0.5) is 0 Å². The number of nitrogens with two attached hydrogens (primary N) is 1. The zero-order chi connectivity index (χ0) is 22.7. The maximum Gasteiger partial charge on any atom is 0.326 e. The summed E-state index contributed by atoms with van der Waals surface area (Å²) in [7, 11) is 0. The molecule has 11 heteroatoms. The van der Waals surface area contributed by atoms with Crippen LogP contribution in [0.25, 0.3) is 0 Å². The lowest BCUT2D eigenvalue weighted by Crippen LogP contribution is -2.54. The molecule has 0 aromatic carbocycles. The van der Waals surface area contributed by atoms with Gasteiger partial charge >= 0.3 is 11.9 Å². The molecule has 0 aliphatic carbocycles. The van der Waals surface area contributed by atoms with Crippen molar-refractivity contribution in [2.45, 2.75) is 65.1 Å². The number of carbonyl (C=O) groups excluding carboxylic acids is 3. The molecule has 0 fully saturated rings. The quantitative estimate of drug-likeness (QED) is 0.221. The van der Waals surface area contributed by atoms with Crippen molar-refractivity contribution >= 4 is 29.7 Å². The fourth-order valence-electron chi connectivity index (χ4n) is 2.33. The predicted octanol–water partition coefficient (Wildman–Crippen LogP) is -0.949. The van der Waals surface area contributed by atoms with Crippen molar-refractivity contribution in [1.82, 2.24) is 16.0 Å². The Morgan fingerprint density at radius 2 is 1.48 bits per heavy atom. The minimum absolute atomic E-state index is 0.0718. The standard InChI is InChI=1S/C18H32N4O7/c1-9(2)7-12(22-17(27)15(19)10(3)4)16(26)20-8-13(23)21-11(18(28)29)5-6-14(24)25/h9-12,15H,5-8,19H2,1-4H3,(H,20,26)(H,21,23)(H,22,27)(H,24,25)(H,28,29). The Labute approximate surface area is 169 Å². The number of carboxylic acids is 2. The van der Waals surface area contributed by atoms with Gasteiger partial charge < -0.3 is 31.9 Å². The van der Waals surface area contributed by atoms with Gasteiger partial charge in [0.25, 0.3) is 0 Å². The molecule has 29 heavy (non-hydrogen) atoms. The second-order valence-electron chi connectivity index (χ2n) is 7.57. The van der Waals surface area contributed by atoms with E-state index in [-0.39, 0.29) is 18.3 Å². The molecule has 0 aromatic rings. The van der Waals surface area contributed by atoms with Crippen LogP contribution in [0.1, 0.15) is 47.0 Å². The molecular formula is C18H32N4O7. The van der Waals surface area contributed by atoms with E-state index in [1.165, 1.54) is 0 Å². The zero-order valence-electron chi connectivity index (χ0n) is 17.2. The van der Waals surface area contributed by atoms with Crippen LogP contribution in [0.2, 0.25) is 0 Å². The van der Waals surface area contributed by atoms with Crippen LogP contribution in [-0.4, -0.2) is 64.5 Å². The first kappa shape index (κ1) is 26.3. The molecule has 0 aromatic heterocycles. The molecule has 0 aliphatic rings. The van der Waals surface area contributed by atoms with Crippen LogP contribution in [-0.2, 0) is 24.0 Å².